The van der Waals surface area contributed by atoms with E-state index in [0.29, 0.717) is 42.0 Å². The number of nitrogens with one attached hydrogen (secondary N) is 1. The number of pyridine rings is 3. The molecular weight excluding hydrogens is 471 g/mol. The van der Waals surface area contributed by atoms with Crippen LogP contribution >= 0.6 is 0 Å². The number of aryl methyl sites for hydroxylation is 1. The van der Waals surface area contributed by atoms with E-state index in [-0.39, 0.29) is 17.6 Å². The van der Waals surface area contributed by atoms with E-state index in [1.807, 2.05) is 26.8 Å². The molecule has 36 heavy (non-hydrogen) atoms. The van der Waals surface area contributed by atoms with Crippen molar-refractivity contribution < 1.29 is 23.1 Å². The second kappa shape index (κ2) is 9.16. The normalized spacial score (nSPS) is 21.7. The zero-order valence-electron chi connectivity index (χ0n) is 20.2. The van der Waals surface area contributed by atoms with Gasteiger partial charge in [-0.3, -0.25) is 9.78 Å². The highest BCUT2D eigenvalue weighted by atomic mass is 19.4. The Labute approximate surface area is 207 Å². The Morgan fingerprint density at radius 1 is 1.14 bits per heavy atom. The molecule has 3 aromatic heterocycles. The maximum absolute atomic E-state index is 13.0. The van der Waals surface area contributed by atoms with Crippen LogP contribution in [-0.2, 0) is 16.6 Å². The van der Waals surface area contributed by atoms with Gasteiger partial charge in [0.15, 0.2) is 0 Å². The van der Waals surface area contributed by atoms with Gasteiger partial charge in [-0.15, -0.1) is 0 Å². The first-order valence-corrected chi connectivity index (χ1v) is 11.5. The lowest BCUT2D eigenvalue weighted by atomic mass is 9.62. The molecular formula is C26H28F3N5O2. The lowest BCUT2D eigenvalue weighted by Crippen LogP contribution is -2.46. The summed E-state index contributed by atoms with van der Waals surface area (Å²) in [6.45, 7) is 5.69. The van der Waals surface area contributed by atoms with Gasteiger partial charge in [0.05, 0.1) is 17.0 Å². The predicted octanol–water partition coefficient (Wildman–Crippen LogP) is 5.11. The lowest BCUT2D eigenvalue weighted by Gasteiger charge is -2.45. The highest BCUT2D eigenvalue weighted by molar-refractivity contribution is 5.77. The average Bonchev–Trinajstić information content (AvgIpc) is 2.77. The number of hydrogen-bond donors (Lipinski definition) is 3. The average molecular weight is 500 g/mol. The van der Waals surface area contributed by atoms with Crippen molar-refractivity contribution in [1.82, 2.24) is 15.0 Å². The van der Waals surface area contributed by atoms with E-state index < -0.39 is 22.8 Å². The Hall–Kier alpha value is -3.53. The van der Waals surface area contributed by atoms with E-state index in [4.69, 9.17) is 5.73 Å². The van der Waals surface area contributed by atoms with Crippen molar-refractivity contribution in [2.75, 3.05) is 5.32 Å². The Morgan fingerprint density at radius 2 is 1.89 bits per heavy atom. The molecule has 1 amide bonds. The monoisotopic (exact) mass is 499 g/mol. The Bertz CT molecular complexity index is 1280. The van der Waals surface area contributed by atoms with Crippen molar-refractivity contribution in [2.45, 2.75) is 51.8 Å². The van der Waals surface area contributed by atoms with Gasteiger partial charge in [-0.1, -0.05) is 13.8 Å². The standard InChI is InChI=1S/C26H28F3N5O2/c1-15-10-19(33-22(11-15)34-21-12-17(7-9-31-21)26(27,28)29)16-4-5-20(32-13-16)25(36)8-6-18(23(30)35)24(2,3)14-25/h4-5,7,9-13,18,36H,6,8,14H2,1-3H3,(H2,30,35)(H,31,33,34)/t18-,25+/m0/s1. The van der Waals surface area contributed by atoms with Gasteiger partial charge in [-0.2, -0.15) is 13.2 Å². The van der Waals surface area contributed by atoms with Gasteiger partial charge in [0.25, 0.3) is 0 Å². The molecule has 4 rings (SSSR count). The lowest BCUT2D eigenvalue weighted by molar-refractivity contribution is -0.137. The summed E-state index contributed by atoms with van der Waals surface area (Å²) in [5.74, 6) is -0.309. The third-order valence-electron chi connectivity index (χ3n) is 6.73. The molecule has 7 nitrogen and oxygen atoms in total. The minimum atomic E-state index is -4.48. The molecule has 0 spiro atoms. The number of alkyl halides is 3. The van der Waals surface area contributed by atoms with E-state index in [1.54, 1.807) is 24.4 Å². The number of primary amides is 1. The van der Waals surface area contributed by atoms with Crippen molar-refractivity contribution in [2.24, 2.45) is 17.1 Å². The molecule has 3 aromatic rings. The number of hydrogen-bond acceptors (Lipinski definition) is 6. The van der Waals surface area contributed by atoms with Crippen LogP contribution in [0.15, 0.2) is 48.8 Å². The van der Waals surface area contributed by atoms with Gasteiger partial charge in [0.2, 0.25) is 5.91 Å². The molecule has 10 heteroatoms. The molecule has 0 aromatic carbocycles. The number of rotatable bonds is 5. The quantitative estimate of drug-likeness (QED) is 0.450. The van der Waals surface area contributed by atoms with E-state index in [2.05, 4.69) is 20.3 Å². The summed E-state index contributed by atoms with van der Waals surface area (Å²) in [5, 5.41) is 14.2. The molecule has 0 aliphatic heterocycles. The minimum absolute atomic E-state index is 0.0266. The van der Waals surface area contributed by atoms with Crippen molar-refractivity contribution in [3.05, 3.63) is 65.6 Å². The van der Waals surface area contributed by atoms with Crippen LogP contribution in [0.4, 0.5) is 24.8 Å². The van der Waals surface area contributed by atoms with Gasteiger partial charge in [-0.05, 0) is 73.6 Å². The first-order valence-electron chi connectivity index (χ1n) is 11.5. The van der Waals surface area contributed by atoms with Gasteiger partial charge in [0.1, 0.15) is 17.2 Å². The molecule has 2 atom stereocenters. The van der Waals surface area contributed by atoms with E-state index >= 15 is 0 Å². The largest absolute Gasteiger partial charge is 0.416 e. The van der Waals surface area contributed by atoms with Gasteiger partial charge in [0, 0.05) is 23.9 Å². The van der Waals surface area contributed by atoms with Crippen LogP contribution in [0.25, 0.3) is 11.3 Å². The minimum Gasteiger partial charge on any atom is -0.384 e. The van der Waals surface area contributed by atoms with Crippen molar-refractivity contribution in [3.63, 3.8) is 0 Å². The third-order valence-corrected chi connectivity index (χ3v) is 6.73. The van der Waals surface area contributed by atoms with E-state index in [0.717, 1.165) is 23.9 Å². The Morgan fingerprint density at radius 3 is 2.50 bits per heavy atom. The SMILES string of the molecule is Cc1cc(Nc2cc(C(F)(F)F)ccn2)nc(-c2ccc([C@@]3(O)CC[C@@H](C(N)=O)C(C)(C)C3)nc2)c1. The maximum atomic E-state index is 13.0. The van der Waals surface area contributed by atoms with E-state index in [9.17, 15) is 23.1 Å². The molecule has 1 aliphatic rings. The summed E-state index contributed by atoms with van der Waals surface area (Å²) in [5.41, 5.74) is 5.66. The fraction of sp³-hybridized carbons (Fsp3) is 0.385. The van der Waals surface area contributed by atoms with Gasteiger partial charge in [-0.25, -0.2) is 9.97 Å². The Kier molecular flexibility index (Phi) is 6.51. The van der Waals surface area contributed by atoms with Crippen LogP contribution in [0.1, 0.15) is 49.9 Å². The second-order valence-corrected chi connectivity index (χ2v) is 10.1. The van der Waals surface area contributed by atoms with Gasteiger partial charge < -0.3 is 16.2 Å². The molecule has 0 unspecified atom stereocenters. The number of anilines is 2. The number of aromatic nitrogens is 3. The molecule has 0 radical (unpaired) electrons. The Balaban J connectivity index is 1.57. The fourth-order valence-electron chi connectivity index (χ4n) is 4.99. The number of amides is 1. The van der Waals surface area contributed by atoms with Crippen molar-refractivity contribution in [3.8, 4) is 11.3 Å². The smallest absolute Gasteiger partial charge is 0.384 e. The number of carbonyl (C=O) groups is 1. The molecule has 4 N–H and O–H groups in total. The second-order valence-electron chi connectivity index (χ2n) is 10.1. The van der Waals surface area contributed by atoms with Crippen molar-refractivity contribution in [1.29, 1.82) is 0 Å². The highest BCUT2D eigenvalue weighted by Crippen LogP contribution is 2.49. The molecule has 0 saturated heterocycles. The first-order chi connectivity index (χ1) is 16.8. The van der Waals surface area contributed by atoms with E-state index in [1.165, 1.54) is 0 Å². The van der Waals surface area contributed by atoms with Crippen LogP contribution < -0.4 is 11.1 Å². The topological polar surface area (TPSA) is 114 Å². The third kappa shape index (κ3) is 5.33. The summed E-state index contributed by atoms with van der Waals surface area (Å²) in [4.78, 5) is 24.8. The summed E-state index contributed by atoms with van der Waals surface area (Å²) < 4.78 is 39.1. The molecule has 3 heterocycles. The zero-order chi connectivity index (χ0) is 26.3. The number of aliphatic hydroxyl groups is 1. The molecule has 1 saturated carbocycles. The molecule has 1 aliphatic carbocycles. The number of halogens is 3. The van der Waals surface area contributed by atoms with Crippen LogP contribution in [-0.4, -0.2) is 26.0 Å². The summed E-state index contributed by atoms with van der Waals surface area (Å²) >= 11 is 0. The molecule has 1 fully saturated rings. The fourth-order valence-corrected chi connectivity index (χ4v) is 4.99. The predicted molar refractivity (Wildman–Crippen MR) is 129 cm³/mol. The molecule has 0 bridgehead atoms. The van der Waals surface area contributed by atoms with Crippen LogP contribution in [0.5, 0.6) is 0 Å². The summed E-state index contributed by atoms with van der Waals surface area (Å²) in [6, 6.07) is 8.90. The number of nitrogens with zero attached hydrogens (tertiary/aromatic N) is 3. The summed E-state index contributed by atoms with van der Waals surface area (Å²) in [7, 11) is 0. The van der Waals surface area contributed by atoms with Crippen LogP contribution in [0.2, 0.25) is 0 Å². The number of nitrogens with two attached hydrogens (primary N) is 1. The van der Waals surface area contributed by atoms with Gasteiger partial charge >= 0.3 is 6.18 Å². The summed E-state index contributed by atoms with van der Waals surface area (Å²) in [6.07, 6.45) is -0.587. The molecule has 190 valence electrons. The maximum Gasteiger partial charge on any atom is 0.416 e. The number of carbonyl (C=O) groups excluding carboxylic acids is 1. The van der Waals surface area contributed by atoms with Crippen LogP contribution in [0, 0.1) is 18.3 Å². The first kappa shape index (κ1) is 25.6. The highest BCUT2D eigenvalue weighted by Gasteiger charge is 2.47. The van der Waals surface area contributed by atoms with Crippen molar-refractivity contribution >= 4 is 17.5 Å². The zero-order valence-corrected chi connectivity index (χ0v) is 20.2. The van der Waals surface area contributed by atoms with Crippen LogP contribution in [0.3, 0.4) is 0 Å².